The van der Waals surface area contributed by atoms with Crippen LogP contribution in [0.1, 0.15) is 5.82 Å². The van der Waals surface area contributed by atoms with Gasteiger partial charge >= 0.3 is 0 Å². The summed E-state index contributed by atoms with van der Waals surface area (Å²) in [5.74, 6) is 0.225. The molecule has 92 valence electrons. The number of aliphatic hydroxyl groups is 2. The molecule has 0 aliphatic carbocycles. The zero-order valence-corrected chi connectivity index (χ0v) is 9.42. The molecule has 0 saturated heterocycles. The van der Waals surface area contributed by atoms with Crippen LogP contribution in [0, 0.1) is 12.8 Å². The lowest BCUT2D eigenvalue weighted by atomic mass is 10.2. The molecule has 0 saturated carbocycles. The summed E-state index contributed by atoms with van der Waals surface area (Å²) in [6, 6.07) is 0. The molecule has 7 nitrogen and oxygen atoms in total. The average Bonchev–Trinajstić information content (AvgIpc) is 2.69. The van der Waals surface area contributed by atoms with Crippen LogP contribution in [0.3, 0.4) is 0 Å². The second-order valence-corrected chi connectivity index (χ2v) is 3.95. The molecule has 2 heterocycles. The highest BCUT2D eigenvalue weighted by molar-refractivity contribution is 5.69. The number of fused-ring (bicyclic) bond motifs is 1. The standard InChI is InChI=1S/C10H14N4O3/c1-6-12-9-8(10(17)13-6)11-5-14(9)2-7(3-15)4-16/h5,7,15-16H,2-4H2,1H3,(H,12,13,17). The van der Waals surface area contributed by atoms with Crippen LogP contribution in [0.25, 0.3) is 11.2 Å². The Morgan fingerprint density at radius 3 is 2.82 bits per heavy atom. The number of imidazole rings is 1. The van der Waals surface area contributed by atoms with E-state index in [4.69, 9.17) is 10.2 Å². The van der Waals surface area contributed by atoms with Crippen LogP contribution in [-0.2, 0) is 6.54 Å². The summed E-state index contributed by atoms with van der Waals surface area (Å²) >= 11 is 0. The van der Waals surface area contributed by atoms with Crippen LogP contribution >= 0.6 is 0 Å². The number of aliphatic hydroxyl groups excluding tert-OH is 2. The van der Waals surface area contributed by atoms with Crippen LogP contribution < -0.4 is 5.56 Å². The predicted molar refractivity (Wildman–Crippen MR) is 60.5 cm³/mol. The summed E-state index contributed by atoms with van der Waals surface area (Å²) in [5.41, 5.74) is 0.458. The first-order chi connectivity index (χ1) is 8.15. The van der Waals surface area contributed by atoms with Crippen molar-refractivity contribution in [2.75, 3.05) is 13.2 Å². The van der Waals surface area contributed by atoms with E-state index in [1.54, 1.807) is 11.5 Å². The van der Waals surface area contributed by atoms with Gasteiger partial charge in [-0.05, 0) is 6.92 Å². The topological polar surface area (TPSA) is 104 Å². The lowest BCUT2D eigenvalue weighted by Gasteiger charge is -2.11. The molecule has 0 aliphatic heterocycles. The zero-order valence-electron chi connectivity index (χ0n) is 9.42. The molecule has 0 amide bonds. The third kappa shape index (κ3) is 2.20. The van der Waals surface area contributed by atoms with E-state index in [1.807, 2.05) is 0 Å². The van der Waals surface area contributed by atoms with Crippen LogP contribution in [0.15, 0.2) is 11.1 Å². The average molecular weight is 238 g/mol. The van der Waals surface area contributed by atoms with Crippen molar-refractivity contribution in [2.45, 2.75) is 13.5 Å². The first kappa shape index (κ1) is 11.7. The molecule has 2 rings (SSSR count). The highest BCUT2D eigenvalue weighted by Gasteiger charge is 2.12. The molecule has 0 aromatic carbocycles. The summed E-state index contributed by atoms with van der Waals surface area (Å²) in [5, 5.41) is 18.0. The Morgan fingerprint density at radius 2 is 2.18 bits per heavy atom. The molecule has 2 aromatic heterocycles. The van der Waals surface area contributed by atoms with Gasteiger partial charge in [-0.15, -0.1) is 0 Å². The minimum absolute atomic E-state index is 0.127. The number of nitrogens with zero attached hydrogens (tertiary/aromatic N) is 3. The van der Waals surface area contributed by atoms with Crippen molar-refractivity contribution < 1.29 is 10.2 Å². The van der Waals surface area contributed by atoms with Gasteiger partial charge in [-0.1, -0.05) is 0 Å². The molecule has 0 fully saturated rings. The largest absolute Gasteiger partial charge is 0.396 e. The molecular weight excluding hydrogens is 224 g/mol. The third-order valence-corrected chi connectivity index (χ3v) is 2.56. The number of hydrogen-bond donors (Lipinski definition) is 3. The monoisotopic (exact) mass is 238 g/mol. The van der Waals surface area contributed by atoms with E-state index in [9.17, 15) is 4.79 Å². The van der Waals surface area contributed by atoms with Gasteiger partial charge in [0.2, 0.25) is 0 Å². The first-order valence-corrected chi connectivity index (χ1v) is 5.29. The number of aromatic amines is 1. The molecule has 7 heteroatoms. The van der Waals surface area contributed by atoms with Gasteiger partial charge < -0.3 is 19.8 Å². The summed E-state index contributed by atoms with van der Waals surface area (Å²) in [4.78, 5) is 22.3. The number of hydrogen-bond acceptors (Lipinski definition) is 5. The van der Waals surface area contributed by atoms with E-state index in [2.05, 4.69) is 15.0 Å². The maximum absolute atomic E-state index is 11.6. The van der Waals surface area contributed by atoms with E-state index in [0.29, 0.717) is 18.0 Å². The SMILES string of the molecule is Cc1nc2c(ncn2CC(CO)CO)c(=O)[nH]1. The molecule has 0 atom stereocenters. The summed E-state index contributed by atoms with van der Waals surface area (Å²) in [6.45, 7) is 1.81. The Hall–Kier alpha value is -1.73. The van der Waals surface area contributed by atoms with Gasteiger partial charge in [0.05, 0.1) is 6.33 Å². The highest BCUT2D eigenvalue weighted by atomic mass is 16.3. The number of nitrogens with one attached hydrogen (secondary N) is 1. The van der Waals surface area contributed by atoms with Crippen LogP contribution in [0.2, 0.25) is 0 Å². The van der Waals surface area contributed by atoms with Gasteiger partial charge in [0, 0.05) is 25.7 Å². The molecule has 0 radical (unpaired) electrons. The number of aryl methyl sites for hydroxylation is 1. The highest BCUT2D eigenvalue weighted by Crippen LogP contribution is 2.08. The van der Waals surface area contributed by atoms with Crippen LogP contribution in [0.4, 0.5) is 0 Å². The fourth-order valence-corrected chi connectivity index (χ4v) is 1.65. The lowest BCUT2D eigenvalue weighted by molar-refractivity contribution is 0.138. The minimum Gasteiger partial charge on any atom is -0.396 e. The van der Waals surface area contributed by atoms with Crippen molar-refractivity contribution in [2.24, 2.45) is 5.92 Å². The number of rotatable bonds is 4. The Kier molecular flexibility index (Phi) is 3.21. The quantitative estimate of drug-likeness (QED) is 0.635. The Balaban J connectivity index is 2.45. The lowest BCUT2D eigenvalue weighted by Crippen LogP contribution is -2.19. The first-order valence-electron chi connectivity index (χ1n) is 5.29. The molecule has 2 aromatic rings. The van der Waals surface area contributed by atoms with Gasteiger partial charge in [-0.25, -0.2) is 9.97 Å². The van der Waals surface area contributed by atoms with Crippen molar-refractivity contribution in [3.05, 3.63) is 22.5 Å². The van der Waals surface area contributed by atoms with Crippen molar-refractivity contribution >= 4 is 11.2 Å². The van der Waals surface area contributed by atoms with E-state index in [-0.39, 0.29) is 30.2 Å². The maximum atomic E-state index is 11.6. The van der Waals surface area contributed by atoms with Crippen molar-refractivity contribution in [1.29, 1.82) is 0 Å². The molecule has 0 spiro atoms. The summed E-state index contributed by atoms with van der Waals surface area (Å²) in [7, 11) is 0. The Labute approximate surface area is 96.8 Å². The zero-order chi connectivity index (χ0) is 12.4. The van der Waals surface area contributed by atoms with Gasteiger partial charge in [0.1, 0.15) is 5.82 Å². The number of H-pyrrole nitrogens is 1. The van der Waals surface area contributed by atoms with Gasteiger partial charge in [0.15, 0.2) is 11.2 Å². The Morgan fingerprint density at radius 1 is 1.47 bits per heavy atom. The third-order valence-electron chi connectivity index (χ3n) is 2.56. The molecule has 3 N–H and O–H groups in total. The second-order valence-electron chi connectivity index (χ2n) is 3.95. The van der Waals surface area contributed by atoms with Crippen LogP contribution in [0.5, 0.6) is 0 Å². The predicted octanol–water partition coefficient (Wildman–Crippen LogP) is -0.971. The smallest absolute Gasteiger partial charge is 0.279 e. The fourth-order valence-electron chi connectivity index (χ4n) is 1.65. The van der Waals surface area contributed by atoms with E-state index in [0.717, 1.165) is 0 Å². The van der Waals surface area contributed by atoms with Crippen molar-refractivity contribution in [3.63, 3.8) is 0 Å². The summed E-state index contributed by atoms with van der Waals surface area (Å²) < 4.78 is 1.66. The molecule has 0 unspecified atom stereocenters. The van der Waals surface area contributed by atoms with Gasteiger partial charge in [-0.3, -0.25) is 4.79 Å². The summed E-state index contributed by atoms with van der Waals surface area (Å²) in [6.07, 6.45) is 1.49. The molecule has 0 aliphatic rings. The number of aromatic nitrogens is 4. The Bertz CT molecular complexity index is 570. The molecule has 17 heavy (non-hydrogen) atoms. The maximum Gasteiger partial charge on any atom is 0.279 e. The van der Waals surface area contributed by atoms with Gasteiger partial charge in [0.25, 0.3) is 5.56 Å². The van der Waals surface area contributed by atoms with Crippen molar-refractivity contribution in [1.82, 2.24) is 19.5 Å². The van der Waals surface area contributed by atoms with Crippen molar-refractivity contribution in [3.8, 4) is 0 Å². The molecular formula is C10H14N4O3. The second kappa shape index (κ2) is 4.64. The fraction of sp³-hybridized carbons (Fsp3) is 0.500. The minimum atomic E-state index is -0.284. The normalized spacial score (nSPS) is 11.5. The van der Waals surface area contributed by atoms with E-state index >= 15 is 0 Å². The van der Waals surface area contributed by atoms with Gasteiger partial charge in [-0.2, -0.15) is 0 Å². The van der Waals surface area contributed by atoms with Crippen LogP contribution in [-0.4, -0.2) is 42.9 Å². The molecule has 0 bridgehead atoms. The van der Waals surface area contributed by atoms with E-state index in [1.165, 1.54) is 6.33 Å². The van der Waals surface area contributed by atoms with E-state index < -0.39 is 0 Å².